The maximum atomic E-state index is 12.2. The van der Waals surface area contributed by atoms with Crippen LogP contribution in [0.2, 0.25) is 0 Å². The van der Waals surface area contributed by atoms with Crippen LogP contribution in [0.15, 0.2) is 24.3 Å². The number of halogens is 2. The van der Waals surface area contributed by atoms with E-state index in [1.54, 1.807) is 0 Å². The van der Waals surface area contributed by atoms with E-state index < -0.39 is 17.3 Å². The van der Waals surface area contributed by atoms with Gasteiger partial charge in [-0.2, -0.15) is 0 Å². The van der Waals surface area contributed by atoms with Crippen molar-refractivity contribution in [1.29, 1.82) is 0 Å². The van der Waals surface area contributed by atoms with Crippen LogP contribution in [0.1, 0.15) is 18.4 Å². The third kappa shape index (κ3) is 2.25. The highest BCUT2D eigenvalue weighted by atomic mass is 19.3. The van der Waals surface area contributed by atoms with Crippen molar-refractivity contribution in [2.75, 3.05) is 0 Å². The fourth-order valence-corrected chi connectivity index (χ4v) is 1.05. The topological polar surface area (TPSA) is 43.1 Å². The Balaban J connectivity index is 2.88. The second-order valence-electron chi connectivity index (χ2n) is 2.97. The second kappa shape index (κ2) is 4.13. The Morgan fingerprint density at radius 1 is 1.29 bits per heavy atom. The molecule has 0 aliphatic carbocycles. The zero-order valence-corrected chi connectivity index (χ0v) is 7.48. The van der Waals surface area contributed by atoms with Crippen LogP contribution in [0, 0.1) is 10.1 Å². The maximum absolute atomic E-state index is 12.2. The van der Waals surface area contributed by atoms with Gasteiger partial charge in [0.25, 0.3) is 5.69 Å². The number of alkyl halides is 2. The summed E-state index contributed by atoms with van der Waals surface area (Å²) in [7, 11) is 0. The molecule has 0 saturated heterocycles. The molecule has 1 aromatic carbocycles. The fraction of sp³-hybridized carbons (Fsp3) is 0.333. The van der Waals surface area contributed by atoms with Crippen LogP contribution in [-0.2, 0) is 0 Å². The van der Waals surface area contributed by atoms with Gasteiger partial charge in [-0.15, -0.1) is 0 Å². The van der Waals surface area contributed by atoms with Crippen molar-refractivity contribution in [3.8, 4) is 0 Å². The summed E-state index contributed by atoms with van der Waals surface area (Å²) in [6, 6.07) is 5.17. The smallest absolute Gasteiger partial charge is 0.258 e. The van der Waals surface area contributed by atoms with Crippen LogP contribution in [-0.4, -0.2) is 11.3 Å². The molecule has 0 spiro atoms. The molecule has 0 radical (unpaired) electrons. The predicted octanol–water partition coefficient (Wildman–Crippen LogP) is 2.96. The lowest BCUT2D eigenvalue weighted by Crippen LogP contribution is -2.04. The van der Waals surface area contributed by atoms with Gasteiger partial charge in [-0.05, 0) is 5.56 Å². The molecule has 0 fully saturated rings. The number of non-ortho nitro benzene ring substituents is 1. The van der Waals surface area contributed by atoms with Crippen molar-refractivity contribution in [3.63, 3.8) is 0 Å². The van der Waals surface area contributed by atoms with Crippen LogP contribution in [0.3, 0.4) is 0 Å². The molecule has 0 unspecified atom stereocenters. The molecule has 0 heterocycles. The lowest BCUT2D eigenvalue weighted by Gasteiger charge is -2.09. The van der Waals surface area contributed by atoms with Gasteiger partial charge in [0.15, 0.2) is 0 Å². The molecule has 14 heavy (non-hydrogen) atoms. The standard InChI is InChI=1S/C9H9F2NO2/c1-6(9(10)11)7-2-4-8(5-3-7)12(13)14/h2-6,9H,1H3/t6-/m1/s1. The van der Waals surface area contributed by atoms with Gasteiger partial charge >= 0.3 is 0 Å². The first-order valence-corrected chi connectivity index (χ1v) is 4.05. The van der Waals surface area contributed by atoms with Gasteiger partial charge in [0.05, 0.1) is 4.92 Å². The van der Waals surface area contributed by atoms with Gasteiger partial charge in [-0.3, -0.25) is 10.1 Å². The molecule has 3 nitrogen and oxygen atoms in total. The Bertz CT molecular complexity index is 324. The first-order chi connectivity index (χ1) is 6.52. The Labute approximate surface area is 79.5 Å². The second-order valence-corrected chi connectivity index (χ2v) is 2.97. The molecule has 0 aliphatic rings. The van der Waals surface area contributed by atoms with E-state index in [1.165, 1.54) is 31.2 Å². The first-order valence-electron chi connectivity index (χ1n) is 4.05. The molecule has 1 atom stereocenters. The molecule has 76 valence electrons. The summed E-state index contributed by atoms with van der Waals surface area (Å²) >= 11 is 0. The number of hydrogen-bond donors (Lipinski definition) is 0. The molecule has 0 amide bonds. The molecule has 0 N–H and O–H groups in total. The van der Waals surface area contributed by atoms with E-state index in [-0.39, 0.29) is 5.69 Å². The van der Waals surface area contributed by atoms with Crippen molar-refractivity contribution in [3.05, 3.63) is 39.9 Å². The number of nitro benzene ring substituents is 1. The molecule has 0 aliphatic heterocycles. The molecule has 0 aromatic heterocycles. The number of benzene rings is 1. The average molecular weight is 201 g/mol. The van der Waals surface area contributed by atoms with E-state index in [1.807, 2.05) is 0 Å². The molecule has 1 aromatic rings. The number of nitrogens with zero attached hydrogens (tertiary/aromatic N) is 1. The summed E-state index contributed by atoms with van der Waals surface area (Å²) < 4.78 is 24.5. The summed E-state index contributed by atoms with van der Waals surface area (Å²) in [5, 5.41) is 10.3. The Hall–Kier alpha value is -1.52. The van der Waals surface area contributed by atoms with Crippen LogP contribution in [0.4, 0.5) is 14.5 Å². The van der Waals surface area contributed by atoms with E-state index in [0.29, 0.717) is 5.56 Å². The summed E-state index contributed by atoms with van der Waals surface area (Å²) in [4.78, 5) is 9.71. The van der Waals surface area contributed by atoms with Crippen molar-refractivity contribution in [2.45, 2.75) is 19.3 Å². The van der Waals surface area contributed by atoms with Crippen molar-refractivity contribution >= 4 is 5.69 Å². The van der Waals surface area contributed by atoms with Gasteiger partial charge in [0, 0.05) is 18.1 Å². The zero-order valence-electron chi connectivity index (χ0n) is 7.48. The molecule has 0 saturated carbocycles. The Morgan fingerprint density at radius 3 is 2.14 bits per heavy atom. The zero-order chi connectivity index (χ0) is 10.7. The number of hydrogen-bond acceptors (Lipinski definition) is 2. The maximum Gasteiger partial charge on any atom is 0.269 e. The van der Waals surface area contributed by atoms with Crippen molar-refractivity contribution in [2.24, 2.45) is 0 Å². The highest BCUT2D eigenvalue weighted by Crippen LogP contribution is 2.24. The van der Waals surface area contributed by atoms with E-state index >= 15 is 0 Å². The van der Waals surface area contributed by atoms with E-state index in [4.69, 9.17) is 0 Å². The minimum Gasteiger partial charge on any atom is -0.258 e. The van der Waals surface area contributed by atoms with E-state index in [0.717, 1.165) is 0 Å². The molecule has 0 bridgehead atoms. The van der Waals surface area contributed by atoms with Crippen molar-refractivity contribution < 1.29 is 13.7 Å². The predicted molar refractivity (Wildman–Crippen MR) is 47.5 cm³/mol. The summed E-state index contributed by atoms with van der Waals surface area (Å²) in [6.45, 7) is 1.38. The van der Waals surface area contributed by atoms with Gasteiger partial charge in [-0.1, -0.05) is 19.1 Å². The number of rotatable bonds is 3. The highest BCUT2D eigenvalue weighted by molar-refractivity contribution is 5.34. The van der Waals surface area contributed by atoms with Crippen LogP contribution < -0.4 is 0 Å². The lowest BCUT2D eigenvalue weighted by molar-refractivity contribution is -0.384. The third-order valence-corrected chi connectivity index (χ3v) is 2.01. The molecule has 5 heteroatoms. The first kappa shape index (κ1) is 10.6. The summed E-state index contributed by atoms with van der Waals surface area (Å²) in [5.41, 5.74) is 0.320. The van der Waals surface area contributed by atoms with E-state index in [2.05, 4.69) is 0 Å². The summed E-state index contributed by atoms with van der Waals surface area (Å²) in [5.74, 6) is -0.893. The monoisotopic (exact) mass is 201 g/mol. The minimum atomic E-state index is -2.45. The number of nitro groups is 1. The Kier molecular flexibility index (Phi) is 3.11. The quantitative estimate of drug-likeness (QED) is 0.557. The van der Waals surface area contributed by atoms with E-state index in [9.17, 15) is 18.9 Å². The summed E-state index contributed by atoms with van der Waals surface area (Å²) in [6.07, 6.45) is -2.45. The fourth-order valence-electron chi connectivity index (χ4n) is 1.05. The molecule has 1 rings (SSSR count). The van der Waals surface area contributed by atoms with Gasteiger partial charge in [-0.25, -0.2) is 8.78 Å². The highest BCUT2D eigenvalue weighted by Gasteiger charge is 2.17. The SMILES string of the molecule is C[C@H](c1ccc([N+](=O)[O-])cc1)C(F)F. The van der Waals surface area contributed by atoms with Gasteiger partial charge in [0.2, 0.25) is 6.43 Å². The normalized spacial score (nSPS) is 12.9. The Morgan fingerprint density at radius 2 is 1.79 bits per heavy atom. The largest absolute Gasteiger partial charge is 0.269 e. The van der Waals surface area contributed by atoms with Crippen molar-refractivity contribution in [1.82, 2.24) is 0 Å². The minimum absolute atomic E-state index is 0.0878. The van der Waals surface area contributed by atoms with Crippen LogP contribution >= 0.6 is 0 Å². The van der Waals surface area contributed by atoms with Crippen LogP contribution in [0.25, 0.3) is 0 Å². The van der Waals surface area contributed by atoms with Gasteiger partial charge < -0.3 is 0 Å². The molecular formula is C9H9F2NO2. The van der Waals surface area contributed by atoms with Gasteiger partial charge in [0.1, 0.15) is 0 Å². The third-order valence-electron chi connectivity index (χ3n) is 2.01. The van der Waals surface area contributed by atoms with Crippen LogP contribution in [0.5, 0.6) is 0 Å². The lowest BCUT2D eigenvalue weighted by atomic mass is 10.0. The molecular weight excluding hydrogens is 192 g/mol. The average Bonchev–Trinajstić information content (AvgIpc) is 2.16.